The highest BCUT2D eigenvalue weighted by Crippen LogP contribution is 2.59. The smallest absolute Gasteiger partial charge is 0.335 e. The molecule has 6 aliphatic rings. The molecule has 2 bridgehead atoms. The topological polar surface area (TPSA) is 97.9 Å². The number of rotatable bonds is 8. The van der Waals surface area contributed by atoms with E-state index in [-0.39, 0.29) is 6.10 Å². The van der Waals surface area contributed by atoms with Crippen molar-refractivity contribution < 1.29 is 23.9 Å². The Kier molecular flexibility index (Phi) is 6.42. The summed E-state index contributed by atoms with van der Waals surface area (Å²) in [5.41, 5.74) is 5.58. The molecule has 1 aromatic carbocycles. The number of carbonyl (C=O) groups is 1. The zero-order valence-corrected chi connectivity index (χ0v) is 25.6. The summed E-state index contributed by atoms with van der Waals surface area (Å²) in [6.07, 6.45) is 14.7. The molecule has 1 N–H and O–H groups in total. The Bertz CT molecular complexity index is 1540. The second-order valence-corrected chi connectivity index (χ2v) is 15.5. The van der Waals surface area contributed by atoms with E-state index in [0.717, 1.165) is 72.1 Å². The number of hydrogen-bond donors (Lipinski definition) is 1. The third kappa shape index (κ3) is 4.81. The van der Waals surface area contributed by atoms with Crippen molar-refractivity contribution in [3.05, 3.63) is 40.3 Å². The van der Waals surface area contributed by atoms with Crippen LogP contribution in [-0.4, -0.2) is 53.1 Å². The van der Waals surface area contributed by atoms with Gasteiger partial charge in [-0.2, -0.15) is 0 Å². The number of fused-ring (bicyclic) bond motifs is 3. The van der Waals surface area contributed by atoms with Gasteiger partial charge in [0.15, 0.2) is 5.13 Å². The van der Waals surface area contributed by atoms with Gasteiger partial charge in [-0.1, -0.05) is 16.5 Å². The Morgan fingerprint density at radius 2 is 1.84 bits per heavy atom. The Hall–Kier alpha value is -2.49. The molecular formula is C34H41N3O5S. The number of ether oxygens (including phenoxy) is 2. The van der Waals surface area contributed by atoms with Crippen molar-refractivity contribution in [3.8, 4) is 0 Å². The molecule has 0 amide bonds. The highest BCUT2D eigenvalue weighted by molar-refractivity contribution is 7.22. The first-order valence-electron chi connectivity index (χ1n) is 16.7. The van der Waals surface area contributed by atoms with Crippen LogP contribution in [-0.2, 0) is 16.1 Å². The molecule has 6 fully saturated rings. The van der Waals surface area contributed by atoms with Crippen molar-refractivity contribution >= 4 is 32.7 Å². The predicted molar refractivity (Wildman–Crippen MR) is 163 cm³/mol. The quantitative estimate of drug-likeness (QED) is 0.285. The normalized spacial score (nSPS) is 28.8. The molecule has 0 radical (unpaired) electrons. The van der Waals surface area contributed by atoms with Gasteiger partial charge in [0.25, 0.3) is 0 Å². The Morgan fingerprint density at radius 3 is 2.53 bits per heavy atom. The summed E-state index contributed by atoms with van der Waals surface area (Å²) in [6, 6.07) is 4.09. The molecule has 4 heterocycles. The third-order valence-electron chi connectivity index (χ3n) is 11.8. The number of carboxylic acids is 1. The van der Waals surface area contributed by atoms with E-state index in [2.05, 4.69) is 10.1 Å². The minimum Gasteiger partial charge on any atom is -0.478 e. The molecule has 228 valence electrons. The van der Waals surface area contributed by atoms with Crippen LogP contribution in [0.4, 0.5) is 5.13 Å². The van der Waals surface area contributed by atoms with E-state index in [1.807, 2.05) is 12.1 Å². The molecule has 2 aromatic heterocycles. The predicted octanol–water partition coefficient (Wildman–Crippen LogP) is 7.38. The van der Waals surface area contributed by atoms with Crippen LogP contribution in [0, 0.1) is 11.3 Å². The molecule has 1 spiro atoms. The van der Waals surface area contributed by atoms with Crippen molar-refractivity contribution in [1.82, 2.24) is 10.1 Å². The first-order valence-corrected chi connectivity index (χ1v) is 17.5. The van der Waals surface area contributed by atoms with Crippen molar-refractivity contribution in [1.29, 1.82) is 0 Å². The average molecular weight is 604 g/mol. The number of hydrogen-bond acceptors (Lipinski definition) is 8. The largest absolute Gasteiger partial charge is 0.478 e. The van der Waals surface area contributed by atoms with Gasteiger partial charge in [0.05, 0.1) is 34.2 Å². The van der Waals surface area contributed by atoms with Crippen molar-refractivity contribution in [2.45, 2.75) is 114 Å². The average Bonchev–Trinajstić information content (AvgIpc) is 3.78. The molecule has 2 saturated heterocycles. The lowest BCUT2D eigenvalue weighted by atomic mass is 9.77. The highest BCUT2D eigenvalue weighted by atomic mass is 32.1. The second-order valence-electron chi connectivity index (χ2n) is 14.4. The summed E-state index contributed by atoms with van der Waals surface area (Å²) in [4.78, 5) is 19.6. The number of piperidine rings is 1. The lowest BCUT2D eigenvalue weighted by molar-refractivity contribution is 0.0116. The number of anilines is 1. The maximum absolute atomic E-state index is 12.0. The first kappa shape index (κ1) is 26.9. The molecule has 0 unspecified atom stereocenters. The molecular weight excluding hydrogens is 562 g/mol. The zero-order chi connectivity index (χ0) is 28.7. The Morgan fingerprint density at radius 1 is 1.02 bits per heavy atom. The Balaban J connectivity index is 0.908. The molecule has 2 aliphatic heterocycles. The molecule has 9 heteroatoms. The van der Waals surface area contributed by atoms with Crippen molar-refractivity contribution in [2.24, 2.45) is 11.3 Å². The van der Waals surface area contributed by atoms with Crippen LogP contribution in [0.2, 0.25) is 0 Å². The maximum Gasteiger partial charge on any atom is 0.335 e. The van der Waals surface area contributed by atoms with Gasteiger partial charge in [0.2, 0.25) is 0 Å². The van der Waals surface area contributed by atoms with E-state index in [0.29, 0.717) is 47.3 Å². The zero-order valence-electron chi connectivity index (χ0n) is 24.8. The first-order chi connectivity index (χ1) is 21.0. The van der Waals surface area contributed by atoms with Crippen LogP contribution >= 0.6 is 11.3 Å². The van der Waals surface area contributed by atoms with E-state index in [1.165, 1.54) is 62.6 Å². The molecule has 4 aliphatic carbocycles. The van der Waals surface area contributed by atoms with Crippen LogP contribution in [0.5, 0.6) is 0 Å². The summed E-state index contributed by atoms with van der Waals surface area (Å²) in [7, 11) is 0. The van der Waals surface area contributed by atoms with Gasteiger partial charge < -0.3 is 24.0 Å². The molecule has 3 atom stereocenters. The van der Waals surface area contributed by atoms with Gasteiger partial charge in [-0.15, -0.1) is 0 Å². The second kappa shape index (κ2) is 10.3. The van der Waals surface area contributed by atoms with Crippen molar-refractivity contribution in [2.75, 3.05) is 24.7 Å². The number of aromatic carboxylic acids is 1. The van der Waals surface area contributed by atoms with Crippen LogP contribution in [0.1, 0.15) is 128 Å². The summed E-state index contributed by atoms with van der Waals surface area (Å²) in [6.45, 7) is 3.02. The molecule has 4 saturated carbocycles. The molecule has 3 aromatic rings. The minimum absolute atomic E-state index is 0.253. The number of thiazole rings is 1. The minimum atomic E-state index is -0.874. The number of carboxylic acid groups (broad SMARTS) is 1. The van der Waals surface area contributed by atoms with Gasteiger partial charge in [0.1, 0.15) is 5.76 Å². The maximum atomic E-state index is 12.0. The molecule has 43 heavy (non-hydrogen) atoms. The Labute approximate surface area is 256 Å². The summed E-state index contributed by atoms with van der Waals surface area (Å²) < 4.78 is 19.3. The fourth-order valence-electron chi connectivity index (χ4n) is 8.79. The number of nitrogens with zero attached hydrogens (tertiary/aromatic N) is 3. The monoisotopic (exact) mass is 603 g/mol. The van der Waals surface area contributed by atoms with Crippen molar-refractivity contribution in [3.63, 3.8) is 0 Å². The van der Waals surface area contributed by atoms with Crippen LogP contribution < -0.4 is 4.90 Å². The van der Waals surface area contributed by atoms with Gasteiger partial charge in [-0.05, 0) is 106 Å². The van der Waals surface area contributed by atoms with E-state index in [4.69, 9.17) is 19.0 Å². The van der Waals surface area contributed by atoms with Crippen LogP contribution in [0.25, 0.3) is 10.2 Å². The highest BCUT2D eigenvalue weighted by Gasteiger charge is 2.48. The number of aromatic nitrogens is 2. The fraction of sp³-hybridized carbons (Fsp3) is 0.676. The fourth-order valence-corrected chi connectivity index (χ4v) is 9.91. The SMILES string of the molecule is O=C(O)c1cc(C2CCOCC2)c2nc(N3C[C@@H]4C[C@H]3C[C@H]4OCc3c(C4CCC5(CC4)CC5)noc3C3CC3)sc2c1. The third-order valence-corrected chi connectivity index (χ3v) is 12.8. The van der Waals surface area contributed by atoms with Gasteiger partial charge >= 0.3 is 5.97 Å². The molecule has 8 nitrogen and oxygen atoms in total. The lowest BCUT2D eigenvalue weighted by Crippen LogP contribution is -2.38. The van der Waals surface area contributed by atoms with E-state index >= 15 is 0 Å². The van der Waals surface area contributed by atoms with Gasteiger partial charge in [-0.3, -0.25) is 0 Å². The van der Waals surface area contributed by atoms with Crippen LogP contribution in [0.15, 0.2) is 16.7 Å². The van der Waals surface area contributed by atoms with E-state index in [1.54, 1.807) is 11.3 Å². The van der Waals surface area contributed by atoms with Gasteiger partial charge in [-0.25, -0.2) is 9.78 Å². The standard InChI is InChI=1S/C34H41N3O5S/c38-32(39)22-14-25(19-5-11-40-12-6-19)30-28(15-22)43-33(35-30)37-17-23-13-24(37)16-27(23)41-18-26-29(36-42-31(26)21-1-2-21)20-3-7-34(8-4-20)9-10-34/h14-15,19-21,23-24,27H,1-13,16-18H2,(H,38,39)/t23-,24-,27+/m0/s1. The van der Waals surface area contributed by atoms with Crippen LogP contribution in [0.3, 0.4) is 0 Å². The summed E-state index contributed by atoms with van der Waals surface area (Å²) >= 11 is 1.65. The summed E-state index contributed by atoms with van der Waals surface area (Å²) in [5.74, 6) is 2.09. The van der Waals surface area contributed by atoms with Gasteiger partial charge in [0, 0.05) is 49.1 Å². The van der Waals surface area contributed by atoms with E-state index < -0.39 is 5.97 Å². The molecule has 9 rings (SSSR count). The summed E-state index contributed by atoms with van der Waals surface area (Å²) in [5, 5.41) is 15.5. The lowest BCUT2D eigenvalue weighted by Gasteiger charge is -2.31. The van der Waals surface area contributed by atoms with E-state index in [9.17, 15) is 9.90 Å². The number of benzene rings is 1.